The van der Waals surface area contributed by atoms with Crippen molar-refractivity contribution in [3.05, 3.63) is 52.4 Å². The third-order valence-corrected chi connectivity index (χ3v) is 6.68. The fourth-order valence-corrected chi connectivity index (χ4v) is 4.63. The Morgan fingerprint density at radius 3 is 2.46 bits per heavy atom. The molecule has 0 aliphatic carbocycles. The number of benzene rings is 1. The molecule has 1 aromatic heterocycles. The first-order valence-corrected chi connectivity index (χ1v) is 9.95. The van der Waals surface area contributed by atoms with Gasteiger partial charge in [-0.25, -0.2) is 13.1 Å². The molecule has 0 atom stereocenters. The summed E-state index contributed by atoms with van der Waals surface area (Å²) >= 11 is 1.23. The van der Waals surface area contributed by atoms with Crippen molar-refractivity contribution in [2.45, 2.75) is 31.5 Å². The zero-order valence-electron chi connectivity index (χ0n) is 14.1. The summed E-state index contributed by atoms with van der Waals surface area (Å²) in [5.41, 5.74) is 2.17. The van der Waals surface area contributed by atoms with E-state index in [2.05, 4.69) is 4.72 Å². The zero-order chi connectivity index (χ0) is 17.7. The number of hydrogen-bond donors (Lipinski definition) is 1. The van der Waals surface area contributed by atoms with Crippen LogP contribution in [0.15, 0.2) is 40.6 Å². The second-order valence-corrected chi connectivity index (χ2v) is 8.91. The quantitative estimate of drug-likeness (QED) is 0.819. The number of thiophene rings is 1. The van der Waals surface area contributed by atoms with Crippen LogP contribution in [0.5, 0.6) is 0 Å². The lowest BCUT2D eigenvalue weighted by atomic mass is 10.1. The van der Waals surface area contributed by atoms with E-state index in [0.29, 0.717) is 17.3 Å². The van der Waals surface area contributed by atoms with E-state index in [9.17, 15) is 13.2 Å². The molecule has 1 heterocycles. The molecule has 1 amide bonds. The summed E-state index contributed by atoms with van der Waals surface area (Å²) < 4.78 is 27.3. The van der Waals surface area contributed by atoms with Crippen LogP contribution < -0.4 is 4.72 Å². The van der Waals surface area contributed by atoms with Crippen LogP contribution in [0.25, 0.3) is 0 Å². The van der Waals surface area contributed by atoms with Gasteiger partial charge in [0.05, 0.1) is 0 Å². The highest BCUT2D eigenvalue weighted by atomic mass is 32.2. The first kappa shape index (κ1) is 18.6. The van der Waals surface area contributed by atoms with Crippen molar-refractivity contribution in [3.8, 4) is 0 Å². The number of sulfonamides is 1. The van der Waals surface area contributed by atoms with Gasteiger partial charge in [-0.15, -0.1) is 11.3 Å². The number of amides is 1. The molecule has 2 aromatic rings. The Morgan fingerprint density at radius 2 is 1.88 bits per heavy atom. The molecule has 0 saturated carbocycles. The Bertz CT molecular complexity index is 813. The van der Waals surface area contributed by atoms with Crippen LogP contribution in [0.1, 0.15) is 22.9 Å². The van der Waals surface area contributed by atoms with Crippen molar-refractivity contribution < 1.29 is 13.2 Å². The number of rotatable bonds is 7. The highest BCUT2D eigenvalue weighted by molar-refractivity contribution is 7.91. The number of aryl methyl sites for hydroxylation is 2. The number of carbonyl (C=O) groups excluding carboxylic acids is 1. The van der Waals surface area contributed by atoms with Crippen molar-refractivity contribution in [1.29, 1.82) is 0 Å². The smallest absolute Gasteiger partial charge is 0.250 e. The van der Waals surface area contributed by atoms with E-state index < -0.39 is 10.0 Å². The lowest BCUT2D eigenvalue weighted by Gasteiger charge is -2.22. The van der Waals surface area contributed by atoms with Crippen molar-refractivity contribution in [2.75, 3.05) is 13.1 Å². The van der Waals surface area contributed by atoms with Crippen molar-refractivity contribution in [3.63, 3.8) is 0 Å². The van der Waals surface area contributed by atoms with Crippen LogP contribution in [0.4, 0.5) is 0 Å². The molecular formula is C17H22N2O3S2. The molecule has 130 valence electrons. The van der Waals surface area contributed by atoms with Crippen molar-refractivity contribution >= 4 is 27.3 Å². The molecule has 0 bridgehead atoms. The van der Waals surface area contributed by atoms with Gasteiger partial charge < -0.3 is 4.90 Å². The predicted molar refractivity (Wildman–Crippen MR) is 96.5 cm³/mol. The van der Waals surface area contributed by atoms with Gasteiger partial charge in [0, 0.05) is 31.4 Å². The van der Waals surface area contributed by atoms with Crippen LogP contribution in [-0.4, -0.2) is 32.3 Å². The van der Waals surface area contributed by atoms with Gasteiger partial charge in [-0.1, -0.05) is 24.3 Å². The van der Waals surface area contributed by atoms with Gasteiger partial charge in [-0.3, -0.25) is 4.79 Å². The van der Waals surface area contributed by atoms with Crippen LogP contribution in [0.2, 0.25) is 0 Å². The van der Waals surface area contributed by atoms with E-state index in [-0.39, 0.29) is 12.5 Å². The summed E-state index contributed by atoms with van der Waals surface area (Å²) in [5.74, 6) is -0.0792. The van der Waals surface area contributed by atoms with E-state index in [1.807, 2.05) is 38.1 Å². The highest BCUT2D eigenvalue weighted by Gasteiger charge is 2.17. The van der Waals surface area contributed by atoms with Gasteiger partial charge in [-0.05, 0) is 37.1 Å². The summed E-state index contributed by atoms with van der Waals surface area (Å²) in [4.78, 5) is 14.4. The molecule has 0 aliphatic heterocycles. The number of nitrogens with one attached hydrogen (secondary N) is 1. The van der Waals surface area contributed by atoms with Gasteiger partial charge in [-0.2, -0.15) is 0 Å². The van der Waals surface area contributed by atoms with E-state index in [1.54, 1.807) is 17.0 Å². The summed E-state index contributed by atoms with van der Waals surface area (Å²) in [6, 6.07) is 11.2. The Kier molecular flexibility index (Phi) is 6.15. The molecule has 5 nitrogen and oxygen atoms in total. The highest BCUT2D eigenvalue weighted by Crippen LogP contribution is 2.20. The lowest BCUT2D eigenvalue weighted by Crippen LogP contribution is -2.37. The van der Waals surface area contributed by atoms with Gasteiger partial charge >= 0.3 is 0 Å². The SMILES string of the molecule is CC(=O)N(CCNS(=O)(=O)c1ccc(C)s1)Cc1ccccc1C. The lowest BCUT2D eigenvalue weighted by molar-refractivity contribution is -0.129. The molecule has 1 N–H and O–H groups in total. The molecule has 0 unspecified atom stereocenters. The minimum atomic E-state index is -3.51. The summed E-state index contributed by atoms with van der Waals surface area (Å²) in [5, 5.41) is 0. The molecule has 0 spiro atoms. The normalized spacial score (nSPS) is 11.5. The fraction of sp³-hybridized carbons (Fsp3) is 0.353. The monoisotopic (exact) mass is 366 g/mol. The molecule has 0 fully saturated rings. The Balaban J connectivity index is 1.97. The molecular weight excluding hydrogens is 344 g/mol. The third kappa shape index (κ3) is 4.90. The Morgan fingerprint density at radius 1 is 1.17 bits per heavy atom. The fourth-order valence-electron chi connectivity index (χ4n) is 2.28. The molecule has 1 aromatic carbocycles. The first-order chi connectivity index (χ1) is 11.3. The maximum absolute atomic E-state index is 12.2. The average Bonchev–Trinajstić information content (AvgIpc) is 2.95. The average molecular weight is 367 g/mol. The van der Waals surface area contributed by atoms with E-state index >= 15 is 0 Å². The summed E-state index contributed by atoms with van der Waals surface area (Å²) in [6.07, 6.45) is 0. The molecule has 2 rings (SSSR count). The standard InChI is InChI=1S/C17H22N2O3S2/c1-13-6-4-5-7-16(13)12-19(15(3)20)11-10-18-24(21,22)17-9-8-14(2)23-17/h4-9,18H,10-12H2,1-3H3. The minimum Gasteiger partial charge on any atom is -0.337 e. The largest absolute Gasteiger partial charge is 0.337 e. The van der Waals surface area contributed by atoms with E-state index in [1.165, 1.54) is 18.3 Å². The number of hydrogen-bond acceptors (Lipinski definition) is 4. The minimum absolute atomic E-state index is 0.0792. The second kappa shape index (κ2) is 7.92. The van der Waals surface area contributed by atoms with Gasteiger partial charge in [0.25, 0.3) is 0 Å². The second-order valence-electron chi connectivity index (χ2n) is 5.63. The maximum atomic E-state index is 12.2. The Labute approximate surface area is 147 Å². The van der Waals surface area contributed by atoms with Gasteiger partial charge in [0.1, 0.15) is 4.21 Å². The molecule has 0 saturated heterocycles. The first-order valence-electron chi connectivity index (χ1n) is 7.66. The summed E-state index contributed by atoms with van der Waals surface area (Å²) in [7, 11) is -3.51. The topological polar surface area (TPSA) is 66.5 Å². The van der Waals surface area contributed by atoms with Crippen molar-refractivity contribution in [2.24, 2.45) is 0 Å². The van der Waals surface area contributed by atoms with Crippen LogP contribution >= 0.6 is 11.3 Å². The summed E-state index contributed by atoms with van der Waals surface area (Å²) in [6.45, 7) is 6.34. The van der Waals surface area contributed by atoms with Gasteiger partial charge in [0.15, 0.2) is 0 Å². The van der Waals surface area contributed by atoms with Crippen LogP contribution in [0, 0.1) is 13.8 Å². The van der Waals surface area contributed by atoms with Crippen LogP contribution in [0.3, 0.4) is 0 Å². The third-order valence-electron chi connectivity index (χ3n) is 3.72. The molecule has 7 heteroatoms. The van der Waals surface area contributed by atoms with Crippen LogP contribution in [-0.2, 0) is 21.4 Å². The molecule has 0 radical (unpaired) electrons. The van der Waals surface area contributed by atoms with Gasteiger partial charge in [0.2, 0.25) is 15.9 Å². The predicted octanol–water partition coefficient (Wildman–Crippen LogP) is 2.69. The van der Waals surface area contributed by atoms with E-state index in [4.69, 9.17) is 0 Å². The number of carbonyl (C=O) groups is 1. The Hall–Kier alpha value is -1.70. The van der Waals surface area contributed by atoms with E-state index in [0.717, 1.165) is 16.0 Å². The van der Waals surface area contributed by atoms with Crippen molar-refractivity contribution in [1.82, 2.24) is 9.62 Å². The molecule has 0 aliphatic rings. The molecule has 24 heavy (non-hydrogen) atoms. The maximum Gasteiger partial charge on any atom is 0.250 e. The number of nitrogens with zero attached hydrogens (tertiary/aromatic N) is 1. The zero-order valence-corrected chi connectivity index (χ0v) is 15.7.